The fourth-order valence-corrected chi connectivity index (χ4v) is 5.79. The number of nitrogens with one attached hydrogen (secondary N) is 1. The van der Waals surface area contributed by atoms with E-state index in [9.17, 15) is 22.4 Å². The minimum Gasteiger partial charge on any atom is -0.355 e. The molecule has 0 aliphatic rings. The lowest BCUT2D eigenvalue weighted by atomic mass is 10.0. The lowest BCUT2D eigenvalue weighted by Crippen LogP contribution is -2.50. The number of amides is 2. The molecule has 1 N–H and O–H groups in total. The number of sulfonamides is 1. The zero-order valence-corrected chi connectivity index (χ0v) is 24.6. The molecule has 0 aliphatic heterocycles. The quantitative estimate of drug-likeness (QED) is 0.280. The second kappa shape index (κ2) is 14.5. The Kier molecular flexibility index (Phi) is 11.4. The Labute approximate surface area is 244 Å². The summed E-state index contributed by atoms with van der Waals surface area (Å²) in [7, 11) is -3.70. The predicted octanol–water partition coefficient (Wildman–Crippen LogP) is 5.45. The van der Waals surface area contributed by atoms with Crippen molar-refractivity contribution in [2.24, 2.45) is 0 Å². The van der Waals surface area contributed by atoms with Gasteiger partial charge in [-0.3, -0.25) is 13.9 Å². The van der Waals surface area contributed by atoms with Crippen LogP contribution in [0.2, 0.25) is 10.0 Å². The Hall–Kier alpha value is -3.14. The molecule has 0 aliphatic carbocycles. The van der Waals surface area contributed by atoms with Crippen molar-refractivity contribution in [2.45, 2.75) is 38.8 Å². The van der Waals surface area contributed by atoms with Crippen LogP contribution in [0.5, 0.6) is 0 Å². The molecule has 0 aromatic heterocycles. The monoisotopic (exact) mass is 607 g/mol. The number of anilines is 1. The van der Waals surface area contributed by atoms with Gasteiger partial charge in [-0.1, -0.05) is 59.6 Å². The smallest absolute Gasteiger partial charge is 0.243 e. The summed E-state index contributed by atoms with van der Waals surface area (Å²) in [6.45, 7) is 2.14. The Morgan fingerprint density at radius 3 is 2.15 bits per heavy atom. The number of rotatable bonds is 13. The van der Waals surface area contributed by atoms with E-state index < -0.39 is 21.9 Å². The van der Waals surface area contributed by atoms with E-state index in [4.69, 9.17) is 23.2 Å². The summed E-state index contributed by atoms with van der Waals surface area (Å²) in [4.78, 5) is 28.5. The van der Waals surface area contributed by atoms with Crippen molar-refractivity contribution in [3.8, 4) is 0 Å². The van der Waals surface area contributed by atoms with Crippen molar-refractivity contribution in [1.29, 1.82) is 0 Å². The van der Waals surface area contributed by atoms with Gasteiger partial charge in [0.2, 0.25) is 21.8 Å². The number of hydrogen-bond acceptors (Lipinski definition) is 4. The first-order valence-electron chi connectivity index (χ1n) is 12.8. The van der Waals surface area contributed by atoms with Crippen LogP contribution in [0.1, 0.15) is 30.9 Å². The topological polar surface area (TPSA) is 86.8 Å². The van der Waals surface area contributed by atoms with Gasteiger partial charge in [0.05, 0.1) is 11.9 Å². The van der Waals surface area contributed by atoms with E-state index in [1.807, 2.05) is 30.3 Å². The van der Waals surface area contributed by atoms with Gasteiger partial charge >= 0.3 is 0 Å². The van der Waals surface area contributed by atoms with Crippen molar-refractivity contribution >= 4 is 50.7 Å². The number of halogens is 3. The van der Waals surface area contributed by atoms with Crippen LogP contribution in [0.15, 0.2) is 72.8 Å². The van der Waals surface area contributed by atoms with Crippen LogP contribution in [0, 0.1) is 5.82 Å². The summed E-state index contributed by atoms with van der Waals surface area (Å²) in [6, 6.07) is 18.6. The molecule has 7 nitrogen and oxygen atoms in total. The summed E-state index contributed by atoms with van der Waals surface area (Å²) >= 11 is 12.9. The molecule has 1 atom stereocenters. The van der Waals surface area contributed by atoms with Crippen molar-refractivity contribution in [3.05, 3.63) is 99.8 Å². The Morgan fingerprint density at radius 1 is 0.950 bits per heavy atom. The normalized spacial score (nSPS) is 12.0. The van der Waals surface area contributed by atoms with Gasteiger partial charge in [-0.15, -0.1) is 0 Å². The van der Waals surface area contributed by atoms with Crippen LogP contribution in [-0.2, 0) is 32.6 Å². The first kappa shape index (κ1) is 31.4. The molecule has 0 fully saturated rings. The first-order valence-corrected chi connectivity index (χ1v) is 15.4. The predicted molar refractivity (Wildman–Crippen MR) is 157 cm³/mol. The van der Waals surface area contributed by atoms with E-state index in [1.165, 1.54) is 29.2 Å². The van der Waals surface area contributed by atoms with Crippen molar-refractivity contribution in [2.75, 3.05) is 23.7 Å². The van der Waals surface area contributed by atoms with Crippen LogP contribution in [0.3, 0.4) is 0 Å². The lowest BCUT2D eigenvalue weighted by Gasteiger charge is -2.32. The van der Waals surface area contributed by atoms with Crippen molar-refractivity contribution in [1.82, 2.24) is 10.2 Å². The third kappa shape index (κ3) is 8.68. The zero-order chi connectivity index (χ0) is 29.3. The summed E-state index contributed by atoms with van der Waals surface area (Å²) < 4.78 is 39.5. The summed E-state index contributed by atoms with van der Waals surface area (Å²) in [5, 5.41) is 3.54. The number of carbonyl (C=O) groups is 2. The highest BCUT2D eigenvalue weighted by Crippen LogP contribution is 2.28. The summed E-state index contributed by atoms with van der Waals surface area (Å²) in [6.07, 6.45) is 1.41. The third-order valence-corrected chi connectivity index (χ3v) is 8.18. The molecular weight excluding hydrogens is 576 g/mol. The number of nitrogens with zero attached hydrogens (tertiary/aromatic N) is 2. The number of hydrogen-bond donors (Lipinski definition) is 1. The average Bonchev–Trinajstić information content (AvgIpc) is 2.90. The molecule has 2 amide bonds. The highest BCUT2D eigenvalue weighted by atomic mass is 35.5. The van der Waals surface area contributed by atoms with Gasteiger partial charge in [0, 0.05) is 48.1 Å². The number of benzene rings is 3. The molecule has 3 rings (SSSR count). The van der Waals surface area contributed by atoms with Gasteiger partial charge in [-0.25, -0.2) is 12.8 Å². The van der Waals surface area contributed by atoms with Crippen molar-refractivity contribution in [3.63, 3.8) is 0 Å². The van der Waals surface area contributed by atoms with E-state index in [0.29, 0.717) is 27.8 Å². The molecule has 0 spiro atoms. The molecule has 0 unspecified atom stereocenters. The Morgan fingerprint density at radius 2 is 1.57 bits per heavy atom. The fraction of sp³-hybridized carbons (Fsp3) is 0.310. The minimum absolute atomic E-state index is 0.0125. The SMILES string of the molecule is CCNC(=O)[C@H](Cc1ccccc1)N(Cc1c(Cl)cccc1Cl)C(=O)CCCN(c1ccc(F)cc1)S(C)(=O)=O. The van der Waals surface area contributed by atoms with Crippen LogP contribution >= 0.6 is 23.2 Å². The highest BCUT2D eigenvalue weighted by molar-refractivity contribution is 7.92. The molecule has 11 heteroatoms. The molecule has 0 radical (unpaired) electrons. The van der Waals surface area contributed by atoms with Gasteiger partial charge in [0.15, 0.2) is 0 Å². The summed E-state index contributed by atoms with van der Waals surface area (Å²) in [5.41, 5.74) is 1.66. The van der Waals surface area contributed by atoms with E-state index in [-0.39, 0.29) is 44.2 Å². The molecule has 0 heterocycles. The highest BCUT2D eigenvalue weighted by Gasteiger charge is 2.31. The van der Waals surface area contributed by atoms with Crippen LogP contribution < -0.4 is 9.62 Å². The van der Waals surface area contributed by atoms with Gasteiger partial charge in [0.25, 0.3) is 0 Å². The molecule has 3 aromatic carbocycles. The van der Waals surface area contributed by atoms with Gasteiger partial charge in [-0.05, 0) is 55.3 Å². The van der Waals surface area contributed by atoms with Crippen LogP contribution in [-0.4, -0.2) is 50.5 Å². The van der Waals surface area contributed by atoms with E-state index in [0.717, 1.165) is 16.1 Å². The lowest BCUT2D eigenvalue weighted by molar-refractivity contribution is -0.141. The van der Waals surface area contributed by atoms with E-state index in [2.05, 4.69) is 5.32 Å². The third-order valence-electron chi connectivity index (χ3n) is 6.28. The summed E-state index contributed by atoms with van der Waals surface area (Å²) in [5.74, 6) is -1.18. The second-order valence-corrected chi connectivity index (χ2v) is 12.0. The Balaban J connectivity index is 1.90. The number of likely N-dealkylation sites (N-methyl/N-ethyl adjacent to an activating group) is 1. The van der Waals surface area contributed by atoms with Crippen molar-refractivity contribution < 1.29 is 22.4 Å². The maximum atomic E-state index is 13.8. The second-order valence-electron chi connectivity index (χ2n) is 9.24. The minimum atomic E-state index is -3.70. The molecular formula is C29H32Cl2FN3O4S. The van der Waals surface area contributed by atoms with Gasteiger partial charge in [0.1, 0.15) is 11.9 Å². The largest absolute Gasteiger partial charge is 0.355 e. The molecule has 40 heavy (non-hydrogen) atoms. The van der Waals surface area contributed by atoms with E-state index in [1.54, 1.807) is 25.1 Å². The molecule has 0 bridgehead atoms. The van der Waals surface area contributed by atoms with Gasteiger partial charge in [-0.2, -0.15) is 0 Å². The fourth-order valence-electron chi connectivity index (χ4n) is 4.31. The maximum absolute atomic E-state index is 13.8. The van der Waals surface area contributed by atoms with Crippen LogP contribution in [0.4, 0.5) is 10.1 Å². The Bertz CT molecular complexity index is 1390. The maximum Gasteiger partial charge on any atom is 0.243 e. The molecule has 3 aromatic rings. The zero-order valence-electron chi connectivity index (χ0n) is 22.3. The molecule has 214 valence electrons. The standard InChI is InChI=1S/C29H32Cl2FN3O4S/c1-3-33-29(37)27(19-21-9-5-4-6-10-21)34(20-24-25(30)11-7-12-26(24)31)28(36)13-8-18-35(40(2,38)39)23-16-14-22(32)15-17-23/h4-7,9-12,14-17,27H,3,8,13,18-20H2,1-2H3,(H,33,37)/t27-/m0/s1. The van der Waals surface area contributed by atoms with E-state index >= 15 is 0 Å². The first-order chi connectivity index (χ1) is 19.0. The molecule has 0 saturated heterocycles. The molecule has 0 saturated carbocycles. The van der Waals surface area contributed by atoms with Crippen LogP contribution in [0.25, 0.3) is 0 Å². The van der Waals surface area contributed by atoms with Gasteiger partial charge < -0.3 is 10.2 Å². The number of carbonyl (C=O) groups excluding carboxylic acids is 2. The average molecular weight is 609 g/mol.